The zero-order valence-electron chi connectivity index (χ0n) is 21.9. The van der Waals surface area contributed by atoms with E-state index in [2.05, 4.69) is 54.5 Å². The standard InChI is InChI=1S/C26H39N5O3S/c1-8-20-27-18(24(33)34)12-10-16-14-26(6,7)31(15-16)22-17(11-13-19(28-22)25(3,4)5)23(32)30-35-21(9-2)29-20/h9,11,13,16,18H,8,10,12,14-15H2,1-7H3,(H,27,29)(H,30,32)(H,33,34)/b21-9+. The zero-order valence-corrected chi connectivity index (χ0v) is 22.8. The lowest BCUT2D eigenvalue weighted by Crippen LogP contribution is -2.40. The Morgan fingerprint density at radius 3 is 2.63 bits per heavy atom. The van der Waals surface area contributed by atoms with Gasteiger partial charge >= 0.3 is 5.97 Å². The Kier molecular flexibility index (Phi) is 8.19. The third kappa shape index (κ3) is 6.37. The van der Waals surface area contributed by atoms with Crippen molar-refractivity contribution >= 4 is 35.5 Å². The highest BCUT2D eigenvalue weighted by Gasteiger charge is 2.41. The van der Waals surface area contributed by atoms with Gasteiger partial charge < -0.3 is 15.3 Å². The second kappa shape index (κ2) is 10.6. The van der Waals surface area contributed by atoms with Crippen LogP contribution in [0.2, 0.25) is 0 Å². The van der Waals surface area contributed by atoms with Gasteiger partial charge in [0.05, 0.1) is 10.6 Å². The molecule has 1 saturated heterocycles. The summed E-state index contributed by atoms with van der Waals surface area (Å²) >= 11 is 1.16. The molecule has 3 heterocycles. The van der Waals surface area contributed by atoms with Gasteiger partial charge in [-0.05, 0) is 58.1 Å². The highest BCUT2D eigenvalue weighted by molar-refractivity contribution is 8.01. The number of carboxylic acids is 1. The average molecular weight is 502 g/mol. The summed E-state index contributed by atoms with van der Waals surface area (Å²) < 4.78 is 2.94. The van der Waals surface area contributed by atoms with Gasteiger partial charge in [-0.25, -0.2) is 9.78 Å². The average Bonchev–Trinajstić information content (AvgIpc) is 3.09. The minimum absolute atomic E-state index is 0.162. The molecule has 0 aromatic carbocycles. The van der Waals surface area contributed by atoms with Crippen molar-refractivity contribution in [3.05, 3.63) is 34.5 Å². The predicted octanol–water partition coefficient (Wildman–Crippen LogP) is 4.87. The number of aliphatic carboxylic acids is 1. The quantitative estimate of drug-likeness (QED) is 0.496. The van der Waals surface area contributed by atoms with Crippen molar-refractivity contribution in [2.24, 2.45) is 10.9 Å². The van der Waals surface area contributed by atoms with E-state index < -0.39 is 12.0 Å². The number of carbonyl (C=O) groups is 2. The number of hydrogen-bond acceptors (Lipinski definition) is 7. The molecule has 1 fully saturated rings. The largest absolute Gasteiger partial charge is 0.480 e. The Hall–Kier alpha value is -2.55. The van der Waals surface area contributed by atoms with Crippen LogP contribution in [0.4, 0.5) is 5.82 Å². The van der Waals surface area contributed by atoms with Crippen molar-refractivity contribution in [2.45, 2.75) is 91.1 Å². The van der Waals surface area contributed by atoms with E-state index in [1.807, 2.05) is 32.1 Å². The summed E-state index contributed by atoms with van der Waals surface area (Å²) in [7, 11) is 0. The molecule has 2 atom stereocenters. The van der Waals surface area contributed by atoms with E-state index in [9.17, 15) is 14.7 Å². The fourth-order valence-electron chi connectivity index (χ4n) is 4.69. The Morgan fingerprint density at radius 2 is 2.03 bits per heavy atom. The zero-order chi connectivity index (χ0) is 26.0. The van der Waals surface area contributed by atoms with Gasteiger partial charge in [0.25, 0.3) is 5.91 Å². The van der Waals surface area contributed by atoms with Crippen LogP contribution < -0.4 is 14.9 Å². The Bertz CT molecular complexity index is 1030. The Morgan fingerprint density at radius 1 is 1.31 bits per heavy atom. The van der Waals surface area contributed by atoms with Crippen LogP contribution in [0.5, 0.6) is 0 Å². The molecule has 3 rings (SSSR count). The molecule has 0 saturated carbocycles. The lowest BCUT2D eigenvalue weighted by molar-refractivity contribution is -0.138. The Balaban J connectivity index is 2.08. The van der Waals surface area contributed by atoms with Crippen LogP contribution in [0.25, 0.3) is 0 Å². The molecule has 1 aromatic rings. The SMILES string of the molecule is C/C=C1\NC(CC)=NC(C(=O)O)CCC2CN(c3nc(C(C)(C)C)ccc3C(=O)NS1)C(C)(C)C2. The summed E-state index contributed by atoms with van der Waals surface area (Å²) in [6.07, 6.45) is 4.49. The first-order valence-electron chi connectivity index (χ1n) is 12.3. The van der Waals surface area contributed by atoms with Gasteiger partial charge in [0.2, 0.25) is 0 Å². The van der Waals surface area contributed by atoms with E-state index in [0.29, 0.717) is 35.1 Å². The third-order valence-electron chi connectivity index (χ3n) is 6.67. The number of carbonyl (C=O) groups excluding carboxylic acids is 1. The van der Waals surface area contributed by atoms with Crippen LogP contribution >= 0.6 is 11.9 Å². The number of pyridine rings is 1. The molecule has 2 unspecified atom stereocenters. The van der Waals surface area contributed by atoms with E-state index in [1.165, 1.54) is 0 Å². The normalized spacial score (nSPS) is 24.5. The van der Waals surface area contributed by atoms with Gasteiger partial charge in [-0.1, -0.05) is 33.8 Å². The fourth-order valence-corrected chi connectivity index (χ4v) is 5.29. The molecule has 2 bridgehead atoms. The van der Waals surface area contributed by atoms with Crippen molar-refractivity contribution < 1.29 is 14.7 Å². The van der Waals surface area contributed by atoms with E-state index >= 15 is 0 Å². The highest BCUT2D eigenvalue weighted by atomic mass is 32.2. The fraction of sp³-hybridized carbons (Fsp3) is 0.615. The second-order valence-electron chi connectivity index (χ2n) is 11.0. The van der Waals surface area contributed by atoms with Crippen molar-refractivity contribution in [2.75, 3.05) is 11.4 Å². The molecule has 1 aromatic heterocycles. The molecule has 192 valence electrons. The minimum atomic E-state index is -0.916. The van der Waals surface area contributed by atoms with E-state index in [0.717, 1.165) is 37.0 Å². The molecule has 1 amide bonds. The number of nitrogens with zero attached hydrogens (tertiary/aromatic N) is 3. The topological polar surface area (TPSA) is 107 Å². The van der Waals surface area contributed by atoms with Crippen LogP contribution in [0, 0.1) is 5.92 Å². The van der Waals surface area contributed by atoms with Crippen LogP contribution in [0.15, 0.2) is 28.2 Å². The molecule has 8 nitrogen and oxygen atoms in total. The second-order valence-corrected chi connectivity index (χ2v) is 11.8. The van der Waals surface area contributed by atoms with Gasteiger partial charge in [0.15, 0.2) is 0 Å². The van der Waals surface area contributed by atoms with Crippen LogP contribution in [0.3, 0.4) is 0 Å². The molecule has 9 heteroatoms. The molecule has 3 N–H and O–H groups in total. The maximum atomic E-state index is 13.4. The maximum absolute atomic E-state index is 13.4. The maximum Gasteiger partial charge on any atom is 0.328 e. The van der Waals surface area contributed by atoms with Crippen LogP contribution in [-0.4, -0.2) is 45.9 Å². The van der Waals surface area contributed by atoms with Crippen molar-refractivity contribution in [1.82, 2.24) is 15.0 Å². The Labute approximate surface area is 213 Å². The number of carboxylic acid groups (broad SMARTS) is 1. The lowest BCUT2D eigenvalue weighted by atomic mass is 9.91. The smallest absolute Gasteiger partial charge is 0.328 e. The summed E-state index contributed by atoms with van der Waals surface area (Å²) in [5, 5.41) is 13.7. The molecule has 2 aliphatic heterocycles. The summed E-state index contributed by atoms with van der Waals surface area (Å²) in [6.45, 7) is 15.2. The van der Waals surface area contributed by atoms with Gasteiger partial charge in [-0.3, -0.25) is 14.5 Å². The number of amidine groups is 1. The van der Waals surface area contributed by atoms with Gasteiger partial charge in [-0.15, -0.1) is 0 Å². The minimum Gasteiger partial charge on any atom is -0.480 e. The van der Waals surface area contributed by atoms with E-state index in [1.54, 1.807) is 0 Å². The van der Waals surface area contributed by atoms with Crippen molar-refractivity contribution in [1.29, 1.82) is 0 Å². The van der Waals surface area contributed by atoms with Crippen LogP contribution in [-0.2, 0) is 10.2 Å². The molecule has 0 radical (unpaired) electrons. The molecule has 2 aliphatic rings. The molecule has 0 spiro atoms. The first-order chi connectivity index (χ1) is 16.4. The number of amides is 1. The highest BCUT2D eigenvalue weighted by Crippen LogP contribution is 2.40. The number of nitrogens with one attached hydrogen (secondary N) is 2. The lowest BCUT2D eigenvalue weighted by Gasteiger charge is -2.34. The number of rotatable bonds is 2. The first-order valence-corrected chi connectivity index (χ1v) is 13.2. The predicted molar refractivity (Wildman–Crippen MR) is 143 cm³/mol. The number of hydrogen-bond donors (Lipinski definition) is 3. The van der Waals surface area contributed by atoms with E-state index in [-0.39, 0.29) is 22.8 Å². The number of aliphatic imine (C=N–C) groups is 1. The van der Waals surface area contributed by atoms with Crippen molar-refractivity contribution in [3.8, 4) is 0 Å². The number of aromatic nitrogens is 1. The monoisotopic (exact) mass is 501 g/mol. The number of anilines is 1. The first kappa shape index (κ1) is 27.0. The van der Waals surface area contributed by atoms with Gasteiger partial charge in [-0.2, -0.15) is 0 Å². The summed E-state index contributed by atoms with van der Waals surface area (Å²) in [5.74, 6) is 0.426. The van der Waals surface area contributed by atoms with Crippen molar-refractivity contribution in [3.63, 3.8) is 0 Å². The van der Waals surface area contributed by atoms with Gasteiger partial charge in [0, 0.05) is 41.6 Å². The van der Waals surface area contributed by atoms with Gasteiger partial charge in [0.1, 0.15) is 17.7 Å². The molecular weight excluding hydrogens is 462 g/mol. The number of fused-ring (bicyclic) bond motifs is 4. The molecule has 0 aliphatic carbocycles. The molecular formula is C26H39N5O3S. The summed E-state index contributed by atoms with van der Waals surface area (Å²) in [6, 6.07) is 3.00. The summed E-state index contributed by atoms with van der Waals surface area (Å²) in [5.41, 5.74) is 1.08. The third-order valence-corrected chi connectivity index (χ3v) is 7.51. The molecule has 35 heavy (non-hydrogen) atoms. The summed E-state index contributed by atoms with van der Waals surface area (Å²) in [4.78, 5) is 37.2. The van der Waals surface area contributed by atoms with Crippen LogP contribution in [0.1, 0.15) is 90.2 Å². The van der Waals surface area contributed by atoms with E-state index in [4.69, 9.17) is 4.98 Å². The number of allylic oxidation sites excluding steroid dienone is 1.